The van der Waals surface area contributed by atoms with Crippen LogP contribution in [0.3, 0.4) is 0 Å². The first-order valence-corrected chi connectivity index (χ1v) is 11.4. The molecule has 0 radical (unpaired) electrons. The molecule has 11 heteroatoms. The van der Waals surface area contributed by atoms with E-state index >= 15 is 0 Å². The van der Waals surface area contributed by atoms with E-state index in [4.69, 9.17) is 0 Å². The third-order valence-corrected chi connectivity index (χ3v) is 6.10. The van der Waals surface area contributed by atoms with Crippen molar-refractivity contribution in [3.63, 3.8) is 0 Å². The third-order valence-electron chi connectivity index (χ3n) is 5.10. The maximum absolute atomic E-state index is 13.2. The number of carbonyl (C=O) groups excluding carboxylic acids is 1. The summed E-state index contributed by atoms with van der Waals surface area (Å²) in [5.41, 5.74) is 1.65. The van der Waals surface area contributed by atoms with Crippen molar-refractivity contribution in [3.05, 3.63) is 111 Å². The van der Waals surface area contributed by atoms with Gasteiger partial charge in [-0.1, -0.05) is 23.9 Å². The number of nitro benzene ring substituents is 1. The van der Waals surface area contributed by atoms with Gasteiger partial charge in [-0.05, 0) is 61.0 Å². The fraction of sp³-hybridized carbons (Fsp3) is 0.125. The molecule has 1 aromatic heterocycles. The predicted octanol–water partition coefficient (Wildman–Crippen LogP) is 5.24. The van der Waals surface area contributed by atoms with Crippen molar-refractivity contribution < 1.29 is 18.5 Å². The number of nitrogens with one attached hydrogen (secondary N) is 1. The summed E-state index contributed by atoms with van der Waals surface area (Å²) < 4.78 is 28.1. The molecule has 0 aliphatic rings. The summed E-state index contributed by atoms with van der Waals surface area (Å²) in [6.45, 7) is 1.72. The van der Waals surface area contributed by atoms with Crippen molar-refractivity contribution in [2.45, 2.75) is 23.9 Å². The van der Waals surface area contributed by atoms with Crippen LogP contribution in [0.4, 0.5) is 14.5 Å². The van der Waals surface area contributed by atoms with Crippen LogP contribution in [-0.4, -0.2) is 25.6 Å². The molecule has 1 heterocycles. The van der Waals surface area contributed by atoms with Gasteiger partial charge in [-0.15, -0.1) is 10.2 Å². The number of aromatic nitrogens is 3. The molecule has 0 fully saturated rings. The number of non-ortho nitro benzene ring substituents is 1. The summed E-state index contributed by atoms with van der Waals surface area (Å²) in [7, 11) is 0. The minimum atomic E-state index is -0.601. The predicted molar refractivity (Wildman–Crippen MR) is 126 cm³/mol. The smallest absolute Gasteiger partial charge is 0.269 e. The van der Waals surface area contributed by atoms with Crippen LogP contribution in [0.5, 0.6) is 0 Å². The van der Waals surface area contributed by atoms with Crippen LogP contribution in [0.15, 0.2) is 78.0 Å². The van der Waals surface area contributed by atoms with Crippen LogP contribution in [0.2, 0.25) is 0 Å². The van der Waals surface area contributed by atoms with Gasteiger partial charge in [-0.2, -0.15) is 0 Å². The highest BCUT2D eigenvalue weighted by Crippen LogP contribution is 2.28. The molecular weight excluding hydrogens is 476 g/mol. The molecule has 0 bridgehead atoms. The minimum absolute atomic E-state index is 0.0680. The van der Waals surface area contributed by atoms with Gasteiger partial charge in [0, 0.05) is 29.1 Å². The van der Waals surface area contributed by atoms with Crippen molar-refractivity contribution in [3.8, 4) is 5.69 Å². The number of hydrogen-bond donors (Lipinski definition) is 1. The quantitative estimate of drug-likeness (QED) is 0.204. The van der Waals surface area contributed by atoms with E-state index in [1.54, 1.807) is 35.8 Å². The van der Waals surface area contributed by atoms with Gasteiger partial charge < -0.3 is 5.32 Å². The Kier molecular flexibility index (Phi) is 7.16. The normalized spacial score (nSPS) is 11.7. The number of thioether (sulfide) groups is 1. The second-order valence-corrected chi connectivity index (χ2v) is 8.51. The van der Waals surface area contributed by atoms with E-state index in [0.717, 1.165) is 5.56 Å². The number of rotatable bonds is 8. The van der Waals surface area contributed by atoms with Crippen molar-refractivity contribution in [2.24, 2.45) is 0 Å². The van der Waals surface area contributed by atoms with Crippen molar-refractivity contribution in [1.29, 1.82) is 0 Å². The summed E-state index contributed by atoms with van der Waals surface area (Å²) in [5, 5.41) is 22.9. The van der Waals surface area contributed by atoms with E-state index in [-0.39, 0.29) is 17.1 Å². The molecule has 1 unspecified atom stereocenters. The van der Waals surface area contributed by atoms with Gasteiger partial charge in [-0.25, -0.2) is 8.78 Å². The van der Waals surface area contributed by atoms with E-state index in [1.165, 1.54) is 60.3 Å². The van der Waals surface area contributed by atoms with E-state index in [1.807, 2.05) is 0 Å². The molecule has 0 aliphatic heterocycles. The van der Waals surface area contributed by atoms with E-state index in [9.17, 15) is 23.7 Å². The molecule has 0 saturated heterocycles. The Labute approximate surface area is 203 Å². The Hall–Kier alpha value is -4.12. The maximum atomic E-state index is 13.2. The molecule has 1 N–H and O–H groups in total. The molecule has 3 aromatic carbocycles. The first-order chi connectivity index (χ1) is 16.8. The SMILES string of the molecule is CC(NC(=O)c1ccc(F)cc1)c1nnc(SCc2ccc(F)cc2)n1-c1ccc([N+](=O)[O-])cc1. The Bertz CT molecular complexity index is 1340. The van der Waals surface area contributed by atoms with Crippen LogP contribution in [0, 0.1) is 21.7 Å². The molecule has 1 amide bonds. The molecule has 0 saturated carbocycles. The van der Waals surface area contributed by atoms with E-state index in [0.29, 0.717) is 22.4 Å². The molecule has 178 valence electrons. The number of benzene rings is 3. The summed E-state index contributed by atoms with van der Waals surface area (Å²) in [4.78, 5) is 23.2. The van der Waals surface area contributed by atoms with Gasteiger partial charge in [-0.3, -0.25) is 19.5 Å². The van der Waals surface area contributed by atoms with Gasteiger partial charge >= 0.3 is 0 Å². The van der Waals surface area contributed by atoms with Crippen LogP contribution < -0.4 is 5.32 Å². The van der Waals surface area contributed by atoms with Crippen molar-refractivity contribution in [2.75, 3.05) is 0 Å². The van der Waals surface area contributed by atoms with Crippen LogP contribution >= 0.6 is 11.8 Å². The lowest BCUT2D eigenvalue weighted by Gasteiger charge is -2.16. The largest absolute Gasteiger partial charge is 0.342 e. The molecule has 4 rings (SSSR count). The topological polar surface area (TPSA) is 103 Å². The summed E-state index contributed by atoms with van der Waals surface area (Å²) >= 11 is 1.35. The summed E-state index contributed by atoms with van der Waals surface area (Å²) in [6.07, 6.45) is 0. The van der Waals surface area contributed by atoms with Gasteiger partial charge in [0.2, 0.25) is 0 Å². The zero-order chi connectivity index (χ0) is 24.9. The van der Waals surface area contributed by atoms with Gasteiger partial charge in [0.05, 0.1) is 11.0 Å². The van der Waals surface area contributed by atoms with Gasteiger partial charge in [0.25, 0.3) is 11.6 Å². The second kappa shape index (κ2) is 10.4. The first-order valence-electron chi connectivity index (χ1n) is 10.5. The fourth-order valence-corrected chi connectivity index (χ4v) is 4.21. The molecule has 0 aliphatic carbocycles. The highest BCUT2D eigenvalue weighted by Gasteiger charge is 2.22. The highest BCUT2D eigenvalue weighted by molar-refractivity contribution is 7.98. The number of nitrogens with zero attached hydrogens (tertiary/aromatic N) is 4. The highest BCUT2D eigenvalue weighted by atomic mass is 32.2. The summed E-state index contributed by atoms with van der Waals surface area (Å²) in [6, 6.07) is 16.5. The Balaban J connectivity index is 1.63. The molecule has 0 spiro atoms. The summed E-state index contributed by atoms with van der Waals surface area (Å²) in [5.74, 6) is -0.329. The second-order valence-electron chi connectivity index (χ2n) is 7.57. The average Bonchev–Trinajstić information content (AvgIpc) is 3.28. The number of hydrogen-bond acceptors (Lipinski definition) is 6. The third kappa shape index (κ3) is 5.69. The molecule has 4 aromatic rings. The van der Waals surface area contributed by atoms with E-state index in [2.05, 4.69) is 15.5 Å². The Morgan fingerprint density at radius 3 is 2.20 bits per heavy atom. The van der Waals surface area contributed by atoms with E-state index < -0.39 is 22.7 Å². The minimum Gasteiger partial charge on any atom is -0.342 e. The number of amides is 1. The van der Waals surface area contributed by atoms with Gasteiger partial charge in [0.15, 0.2) is 11.0 Å². The lowest BCUT2D eigenvalue weighted by atomic mass is 10.2. The zero-order valence-electron chi connectivity index (χ0n) is 18.4. The van der Waals surface area contributed by atoms with Crippen LogP contribution in [0.1, 0.15) is 34.7 Å². The lowest BCUT2D eigenvalue weighted by Crippen LogP contribution is -2.28. The van der Waals surface area contributed by atoms with Gasteiger partial charge in [0.1, 0.15) is 11.6 Å². The average molecular weight is 496 g/mol. The standard InChI is InChI=1S/C24H19F2N5O3S/c1-15(27-23(32)17-4-8-19(26)9-5-17)22-28-29-24(35-14-16-2-6-18(25)7-3-16)30(22)20-10-12-21(13-11-20)31(33)34/h2-13,15H,14H2,1H3,(H,27,32). The van der Waals surface area contributed by atoms with Crippen LogP contribution in [0.25, 0.3) is 5.69 Å². The molecule has 8 nitrogen and oxygen atoms in total. The van der Waals surface area contributed by atoms with Crippen molar-refractivity contribution >= 4 is 23.4 Å². The number of nitro groups is 1. The van der Waals surface area contributed by atoms with Crippen LogP contribution in [-0.2, 0) is 5.75 Å². The number of carbonyl (C=O) groups is 1. The lowest BCUT2D eigenvalue weighted by molar-refractivity contribution is -0.384. The maximum Gasteiger partial charge on any atom is 0.269 e. The zero-order valence-corrected chi connectivity index (χ0v) is 19.2. The Morgan fingerprint density at radius 2 is 1.60 bits per heavy atom. The monoisotopic (exact) mass is 495 g/mol. The molecular formula is C24H19F2N5O3S. The first kappa shape index (κ1) is 24.0. The Morgan fingerprint density at radius 1 is 1.00 bits per heavy atom. The van der Waals surface area contributed by atoms with Crippen molar-refractivity contribution in [1.82, 2.24) is 20.1 Å². The number of halogens is 2. The molecule has 35 heavy (non-hydrogen) atoms. The fourth-order valence-electron chi connectivity index (χ4n) is 3.30. The molecule has 1 atom stereocenters.